The highest BCUT2D eigenvalue weighted by atomic mass is 16.3. The minimum absolute atomic E-state index is 0.0344. The number of piperidine rings is 1. The summed E-state index contributed by atoms with van der Waals surface area (Å²) in [5.41, 5.74) is 0. The number of fused-ring (bicyclic) bond motifs is 1. The third-order valence-electron chi connectivity index (χ3n) is 2.49. The molecule has 5 unspecified atom stereocenters. The van der Waals surface area contributed by atoms with Gasteiger partial charge < -0.3 is 20.6 Å². The van der Waals surface area contributed by atoms with Crippen LogP contribution in [0.25, 0.3) is 0 Å². The molecule has 0 radical (unpaired) electrons. The molecule has 5 atom stereocenters. The van der Waals surface area contributed by atoms with Gasteiger partial charge in [0.15, 0.2) is 0 Å². The van der Waals surface area contributed by atoms with Crippen LogP contribution >= 0.6 is 0 Å². The highest BCUT2D eigenvalue weighted by Crippen LogP contribution is 2.36. The molecule has 1 aliphatic carbocycles. The van der Waals surface area contributed by atoms with E-state index in [-0.39, 0.29) is 24.6 Å². The number of nitrogens with one attached hydrogen (secondary N) is 1. The number of aliphatic hydroxyl groups is 3. The molecule has 1 saturated carbocycles. The van der Waals surface area contributed by atoms with E-state index < -0.39 is 12.2 Å². The van der Waals surface area contributed by atoms with E-state index in [1.807, 2.05) is 0 Å². The van der Waals surface area contributed by atoms with Crippen LogP contribution in [0.4, 0.5) is 0 Å². The third-order valence-corrected chi connectivity index (χ3v) is 2.49. The van der Waals surface area contributed by atoms with E-state index in [4.69, 9.17) is 5.11 Å². The van der Waals surface area contributed by atoms with Crippen LogP contribution in [0.1, 0.15) is 0 Å². The van der Waals surface area contributed by atoms with E-state index in [9.17, 15) is 10.2 Å². The fourth-order valence-electron chi connectivity index (χ4n) is 1.77. The van der Waals surface area contributed by atoms with Gasteiger partial charge in [0.2, 0.25) is 0 Å². The van der Waals surface area contributed by atoms with Gasteiger partial charge in [0.25, 0.3) is 0 Å². The molecular weight excluding hydrogens is 134 g/mol. The van der Waals surface area contributed by atoms with Crippen molar-refractivity contribution in [3.05, 3.63) is 0 Å². The van der Waals surface area contributed by atoms with Gasteiger partial charge in [-0.1, -0.05) is 0 Å². The molecule has 58 valence electrons. The van der Waals surface area contributed by atoms with Gasteiger partial charge in [-0.05, 0) is 0 Å². The molecule has 10 heavy (non-hydrogen) atoms. The van der Waals surface area contributed by atoms with Gasteiger partial charge in [-0.25, -0.2) is 0 Å². The van der Waals surface area contributed by atoms with Crippen LogP contribution in [0.2, 0.25) is 0 Å². The Labute approximate surface area is 58.5 Å². The monoisotopic (exact) mass is 145 g/mol. The topological polar surface area (TPSA) is 82.6 Å². The summed E-state index contributed by atoms with van der Waals surface area (Å²) >= 11 is 0. The van der Waals surface area contributed by atoms with Crippen LogP contribution in [-0.2, 0) is 0 Å². The van der Waals surface area contributed by atoms with Crippen molar-refractivity contribution in [2.75, 3.05) is 6.61 Å². The minimum Gasteiger partial charge on any atom is -0.396 e. The summed E-state index contributed by atoms with van der Waals surface area (Å²) < 4.78 is 0. The second-order valence-corrected chi connectivity index (χ2v) is 3.05. The highest BCUT2D eigenvalue weighted by Gasteiger charge is 2.58. The summed E-state index contributed by atoms with van der Waals surface area (Å²) in [4.78, 5) is 0. The summed E-state index contributed by atoms with van der Waals surface area (Å²) in [6.45, 7) is -0.0492. The zero-order chi connectivity index (χ0) is 7.30. The van der Waals surface area contributed by atoms with Crippen molar-refractivity contribution in [3.8, 4) is 0 Å². The Morgan fingerprint density at radius 2 is 1.80 bits per heavy atom. The maximum Gasteiger partial charge on any atom is 0.0971 e. The van der Waals surface area contributed by atoms with E-state index in [1.165, 1.54) is 0 Å². The molecule has 1 saturated heterocycles. The van der Waals surface area contributed by atoms with Crippen molar-refractivity contribution in [1.29, 1.82) is 0 Å². The maximum atomic E-state index is 9.21. The summed E-state index contributed by atoms with van der Waals surface area (Å²) in [6.07, 6.45) is -1.41. The first kappa shape index (κ1) is 6.54. The van der Waals surface area contributed by atoms with Gasteiger partial charge in [0.1, 0.15) is 0 Å². The molecule has 0 bridgehead atoms. The summed E-state index contributed by atoms with van der Waals surface area (Å²) in [6, 6.07) is 0.183. The van der Waals surface area contributed by atoms with E-state index in [2.05, 4.69) is 5.32 Å². The molecule has 0 aromatic rings. The number of hydrogen-bond donors (Lipinski definition) is 4. The fraction of sp³-hybridized carbons (Fsp3) is 1.00. The van der Waals surface area contributed by atoms with Gasteiger partial charge in [0, 0.05) is 12.0 Å². The number of aliphatic hydroxyl groups excluding tert-OH is 3. The lowest BCUT2D eigenvalue weighted by Gasteiger charge is -2.17. The van der Waals surface area contributed by atoms with Crippen LogP contribution in [0.15, 0.2) is 0 Å². The van der Waals surface area contributed by atoms with E-state index in [1.54, 1.807) is 0 Å². The summed E-state index contributed by atoms with van der Waals surface area (Å²) in [7, 11) is 0. The smallest absolute Gasteiger partial charge is 0.0971 e. The predicted molar refractivity (Wildman–Crippen MR) is 33.3 cm³/mol. The zero-order valence-electron chi connectivity index (χ0n) is 5.44. The van der Waals surface area contributed by atoms with Crippen LogP contribution in [0.3, 0.4) is 0 Å². The maximum absolute atomic E-state index is 9.21. The molecule has 1 aliphatic heterocycles. The Morgan fingerprint density at radius 1 is 1.10 bits per heavy atom. The Morgan fingerprint density at radius 3 is 2.10 bits per heavy atom. The Kier molecular flexibility index (Phi) is 1.25. The molecule has 4 heteroatoms. The van der Waals surface area contributed by atoms with Gasteiger partial charge >= 0.3 is 0 Å². The van der Waals surface area contributed by atoms with Gasteiger partial charge in [-0.15, -0.1) is 0 Å². The molecule has 0 amide bonds. The van der Waals surface area contributed by atoms with Crippen LogP contribution in [0.5, 0.6) is 0 Å². The quantitative estimate of drug-likeness (QED) is 0.312. The minimum atomic E-state index is -0.735. The van der Waals surface area contributed by atoms with Gasteiger partial charge in [-0.3, -0.25) is 0 Å². The second-order valence-electron chi connectivity index (χ2n) is 3.05. The molecule has 1 heterocycles. The molecule has 0 aromatic carbocycles. The normalized spacial score (nSPS) is 58.5. The van der Waals surface area contributed by atoms with Crippen molar-refractivity contribution in [3.63, 3.8) is 0 Å². The van der Waals surface area contributed by atoms with Crippen molar-refractivity contribution in [1.82, 2.24) is 5.32 Å². The molecule has 2 fully saturated rings. The van der Waals surface area contributed by atoms with Crippen LogP contribution in [-0.4, -0.2) is 46.2 Å². The first-order chi connectivity index (χ1) is 4.75. The fourth-order valence-corrected chi connectivity index (χ4v) is 1.77. The lowest BCUT2D eigenvalue weighted by molar-refractivity contribution is -0.00798. The standard InChI is InChI=1S/C6H11NO3/c8-1-2-3-4(7-3)6(10)5(2)9/h2-10H,1H2. The van der Waals surface area contributed by atoms with E-state index in [0.717, 1.165) is 0 Å². The van der Waals surface area contributed by atoms with Gasteiger partial charge in [0.05, 0.1) is 24.9 Å². The third kappa shape index (κ3) is 0.645. The molecule has 0 spiro atoms. The molecular formula is C6H11NO3. The predicted octanol–water partition coefficient (Wildman–Crippen LogP) is -2.33. The van der Waals surface area contributed by atoms with E-state index in [0.29, 0.717) is 0 Å². The molecule has 0 aromatic heterocycles. The molecule has 2 aliphatic rings. The van der Waals surface area contributed by atoms with Crippen molar-refractivity contribution >= 4 is 0 Å². The Bertz CT molecular complexity index is 152. The first-order valence-corrected chi connectivity index (χ1v) is 3.48. The second kappa shape index (κ2) is 1.92. The lowest BCUT2D eigenvalue weighted by Crippen LogP contribution is -2.36. The Balaban J connectivity index is 2.09. The van der Waals surface area contributed by atoms with Crippen molar-refractivity contribution in [2.45, 2.75) is 24.3 Å². The summed E-state index contributed by atoms with van der Waals surface area (Å²) in [5.74, 6) is -0.167. The summed E-state index contributed by atoms with van der Waals surface area (Å²) in [5, 5.41) is 30.1. The van der Waals surface area contributed by atoms with Crippen molar-refractivity contribution < 1.29 is 15.3 Å². The highest BCUT2D eigenvalue weighted by molar-refractivity contribution is 5.16. The van der Waals surface area contributed by atoms with Gasteiger partial charge in [-0.2, -0.15) is 0 Å². The molecule has 4 N–H and O–H groups in total. The first-order valence-electron chi connectivity index (χ1n) is 3.48. The molecule has 2 rings (SSSR count). The lowest BCUT2D eigenvalue weighted by atomic mass is 10.1. The average molecular weight is 145 g/mol. The number of hydrogen-bond acceptors (Lipinski definition) is 4. The molecule has 4 nitrogen and oxygen atoms in total. The van der Waals surface area contributed by atoms with E-state index >= 15 is 0 Å². The van der Waals surface area contributed by atoms with Crippen molar-refractivity contribution in [2.24, 2.45) is 5.92 Å². The van der Waals surface area contributed by atoms with Crippen LogP contribution in [0, 0.1) is 5.92 Å². The largest absolute Gasteiger partial charge is 0.396 e. The van der Waals surface area contributed by atoms with Crippen LogP contribution < -0.4 is 5.32 Å². The Hall–Kier alpha value is -0.160. The SMILES string of the molecule is OCC1C(O)C(O)C2NC12. The zero-order valence-corrected chi connectivity index (χ0v) is 5.44. The average Bonchev–Trinajstić information content (AvgIpc) is 2.63. The number of rotatable bonds is 1.